The van der Waals surface area contributed by atoms with Crippen molar-refractivity contribution in [3.63, 3.8) is 0 Å². The maximum absolute atomic E-state index is 12.1. The molecule has 0 atom stereocenters. The lowest BCUT2D eigenvalue weighted by atomic mass is 10.2. The van der Waals surface area contributed by atoms with Crippen LogP contribution in [0.2, 0.25) is 0 Å². The van der Waals surface area contributed by atoms with Crippen molar-refractivity contribution >= 4 is 17.6 Å². The Morgan fingerprint density at radius 1 is 1.38 bits per heavy atom. The van der Waals surface area contributed by atoms with E-state index >= 15 is 0 Å². The number of aromatic amines is 1. The van der Waals surface area contributed by atoms with Gasteiger partial charge in [-0.05, 0) is 44.2 Å². The second-order valence-electron chi connectivity index (χ2n) is 6.20. The molecule has 1 aliphatic carbocycles. The minimum atomic E-state index is -1.02. The van der Waals surface area contributed by atoms with E-state index in [1.54, 1.807) is 12.1 Å². The number of amides is 1. The molecule has 1 aromatic heterocycles. The van der Waals surface area contributed by atoms with Crippen molar-refractivity contribution in [1.82, 2.24) is 15.1 Å². The van der Waals surface area contributed by atoms with Gasteiger partial charge in [-0.3, -0.25) is 14.8 Å². The number of hydrogen-bond acceptors (Lipinski definition) is 4. The molecule has 0 bridgehead atoms. The van der Waals surface area contributed by atoms with Gasteiger partial charge in [0.1, 0.15) is 0 Å². The molecule has 1 aromatic carbocycles. The van der Waals surface area contributed by atoms with Crippen LogP contribution in [0.1, 0.15) is 40.5 Å². The lowest BCUT2D eigenvalue weighted by Gasteiger charge is -2.15. The fourth-order valence-electron chi connectivity index (χ4n) is 2.57. The molecule has 0 unspecified atom stereocenters. The maximum Gasteiger partial charge on any atom is 0.335 e. The summed E-state index contributed by atoms with van der Waals surface area (Å²) in [5, 5.41) is 19.0. The van der Waals surface area contributed by atoms with Crippen molar-refractivity contribution < 1.29 is 14.7 Å². The van der Waals surface area contributed by atoms with E-state index in [-0.39, 0.29) is 18.0 Å². The molecular formula is C17H20N4O3. The largest absolute Gasteiger partial charge is 0.478 e. The Labute approximate surface area is 139 Å². The van der Waals surface area contributed by atoms with Gasteiger partial charge in [-0.15, -0.1) is 0 Å². The lowest BCUT2D eigenvalue weighted by Crippen LogP contribution is -2.30. The van der Waals surface area contributed by atoms with Gasteiger partial charge in [0.25, 0.3) is 0 Å². The zero-order chi connectivity index (χ0) is 17.1. The smallest absolute Gasteiger partial charge is 0.335 e. The number of carboxylic acids is 1. The summed E-state index contributed by atoms with van der Waals surface area (Å²) in [7, 11) is 1.85. The van der Waals surface area contributed by atoms with Crippen LogP contribution in [0.4, 0.5) is 5.69 Å². The Hall–Kier alpha value is -2.67. The summed E-state index contributed by atoms with van der Waals surface area (Å²) >= 11 is 0. The zero-order valence-electron chi connectivity index (χ0n) is 13.5. The van der Waals surface area contributed by atoms with Crippen molar-refractivity contribution in [2.75, 3.05) is 18.9 Å². The molecular weight excluding hydrogens is 308 g/mol. The number of benzene rings is 1. The van der Waals surface area contributed by atoms with Gasteiger partial charge < -0.3 is 10.4 Å². The number of carbonyl (C=O) groups excluding carboxylic acids is 1. The zero-order valence-corrected chi connectivity index (χ0v) is 13.5. The topological polar surface area (TPSA) is 98.3 Å². The van der Waals surface area contributed by atoms with Crippen molar-refractivity contribution in [1.29, 1.82) is 0 Å². The molecule has 1 aliphatic rings. The molecule has 0 spiro atoms. The number of carbonyl (C=O) groups is 2. The molecule has 1 amide bonds. The Balaban J connectivity index is 1.51. The van der Waals surface area contributed by atoms with E-state index in [1.165, 1.54) is 25.0 Å². The molecule has 0 aliphatic heterocycles. The molecule has 0 radical (unpaired) electrons. The van der Waals surface area contributed by atoms with Crippen LogP contribution in [0.5, 0.6) is 0 Å². The summed E-state index contributed by atoms with van der Waals surface area (Å²) in [5.41, 5.74) is 2.71. The summed E-state index contributed by atoms with van der Waals surface area (Å²) in [6.45, 7) is 0.803. The Bertz CT molecular complexity index is 752. The average molecular weight is 328 g/mol. The first kappa shape index (κ1) is 16.2. The quantitative estimate of drug-likeness (QED) is 0.722. The molecule has 1 heterocycles. The summed E-state index contributed by atoms with van der Waals surface area (Å²) in [4.78, 5) is 24.9. The van der Waals surface area contributed by atoms with Gasteiger partial charge in [0, 0.05) is 23.8 Å². The third kappa shape index (κ3) is 4.20. The Morgan fingerprint density at radius 2 is 2.17 bits per heavy atom. The first-order valence-corrected chi connectivity index (χ1v) is 7.87. The van der Waals surface area contributed by atoms with E-state index < -0.39 is 5.97 Å². The normalized spacial score (nSPS) is 13.9. The number of anilines is 1. The number of likely N-dealkylation sites (N-methyl/N-ethyl adjacent to an activating group) is 1. The van der Waals surface area contributed by atoms with Crippen LogP contribution < -0.4 is 5.32 Å². The third-order valence-electron chi connectivity index (χ3n) is 3.89. The summed E-state index contributed by atoms with van der Waals surface area (Å²) in [6, 6.07) is 8.26. The third-order valence-corrected chi connectivity index (χ3v) is 3.89. The molecule has 7 nitrogen and oxygen atoms in total. The highest BCUT2D eigenvalue weighted by molar-refractivity contribution is 5.94. The fourth-order valence-corrected chi connectivity index (χ4v) is 2.57. The molecule has 1 saturated carbocycles. The van der Waals surface area contributed by atoms with E-state index in [9.17, 15) is 9.59 Å². The molecule has 7 heteroatoms. The Kier molecular flexibility index (Phi) is 4.61. The molecule has 126 valence electrons. The number of H-pyrrole nitrogens is 1. The fraction of sp³-hybridized carbons (Fsp3) is 0.353. The predicted molar refractivity (Wildman–Crippen MR) is 88.9 cm³/mol. The van der Waals surface area contributed by atoms with Gasteiger partial charge in [0.2, 0.25) is 5.91 Å². The highest BCUT2D eigenvalue weighted by Crippen LogP contribution is 2.39. The highest BCUT2D eigenvalue weighted by atomic mass is 16.4. The van der Waals surface area contributed by atoms with Gasteiger partial charge in [-0.2, -0.15) is 5.10 Å². The van der Waals surface area contributed by atoms with E-state index in [1.807, 2.05) is 11.9 Å². The number of rotatable bonds is 7. The lowest BCUT2D eigenvalue weighted by molar-refractivity contribution is -0.117. The SMILES string of the molecule is CN(CC(=O)Nc1cccc(C(=O)O)c1)Cc1cc(C2CC2)n[nH]1. The monoisotopic (exact) mass is 328 g/mol. The number of aromatic carboxylic acids is 1. The van der Waals surface area contributed by atoms with Gasteiger partial charge in [0.15, 0.2) is 0 Å². The van der Waals surface area contributed by atoms with Crippen molar-refractivity contribution in [2.45, 2.75) is 25.3 Å². The minimum Gasteiger partial charge on any atom is -0.478 e. The van der Waals surface area contributed by atoms with E-state index in [0.29, 0.717) is 18.2 Å². The van der Waals surface area contributed by atoms with Crippen LogP contribution >= 0.6 is 0 Å². The predicted octanol–water partition coefficient (Wildman–Crippen LogP) is 2.06. The number of hydrogen-bond donors (Lipinski definition) is 3. The molecule has 3 rings (SSSR count). The summed E-state index contributed by atoms with van der Waals surface area (Å²) in [5.74, 6) is -0.610. The maximum atomic E-state index is 12.1. The minimum absolute atomic E-state index is 0.145. The summed E-state index contributed by atoms with van der Waals surface area (Å²) in [6.07, 6.45) is 2.41. The Morgan fingerprint density at radius 3 is 2.88 bits per heavy atom. The summed E-state index contributed by atoms with van der Waals surface area (Å²) < 4.78 is 0. The van der Waals surface area contributed by atoms with E-state index in [4.69, 9.17) is 5.11 Å². The number of nitrogens with one attached hydrogen (secondary N) is 2. The van der Waals surface area contributed by atoms with Gasteiger partial charge in [-0.1, -0.05) is 6.07 Å². The van der Waals surface area contributed by atoms with Crippen LogP contribution in [0.15, 0.2) is 30.3 Å². The molecule has 3 N–H and O–H groups in total. The number of nitrogens with zero attached hydrogens (tertiary/aromatic N) is 2. The molecule has 24 heavy (non-hydrogen) atoms. The van der Waals surface area contributed by atoms with Gasteiger partial charge >= 0.3 is 5.97 Å². The molecule has 1 fully saturated rings. The number of aromatic nitrogens is 2. The van der Waals surface area contributed by atoms with Crippen molar-refractivity contribution in [3.05, 3.63) is 47.3 Å². The van der Waals surface area contributed by atoms with Gasteiger partial charge in [0.05, 0.1) is 17.8 Å². The van der Waals surface area contributed by atoms with Crippen LogP contribution in [-0.4, -0.2) is 45.7 Å². The standard InChI is InChI=1S/C17H20N4O3/c1-21(9-14-8-15(20-19-14)11-5-6-11)10-16(22)18-13-4-2-3-12(7-13)17(23)24/h2-4,7-8,11H,5-6,9-10H2,1H3,(H,18,22)(H,19,20)(H,23,24). The van der Waals surface area contributed by atoms with Crippen molar-refractivity contribution in [2.24, 2.45) is 0 Å². The number of carboxylic acid groups (broad SMARTS) is 1. The van der Waals surface area contributed by atoms with Gasteiger partial charge in [-0.25, -0.2) is 4.79 Å². The van der Waals surface area contributed by atoms with Crippen LogP contribution in [0, 0.1) is 0 Å². The average Bonchev–Trinajstić information content (AvgIpc) is 3.27. The molecule has 2 aromatic rings. The van der Waals surface area contributed by atoms with Crippen molar-refractivity contribution in [3.8, 4) is 0 Å². The highest BCUT2D eigenvalue weighted by Gasteiger charge is 2.26. The first-order valence-electron chi connectivity index (χ1n) is 7.87. The van der Waals surface area contributed by atoms with E-state index in [2.05, 4.69) is 21.6 Å². The van der Waals surface area contributed by atoms with Crippen LogP contribution in [0.3, 0.4) is 0 Å². The van der Waals surface area contributed by atoms with Crippen LogP contribution in [-0.2, 0) is 11.3 Å². The second kappa shape index (κ2) is 6.84. The molecule has 0 saturated heterocycles. The first-order chi connectivity index (χ1) is 11.5. The van der Waals surface area contributed by atoms with Crippen LogP contribution in [0.25, 0.3) is 0 Å². The van der Waals surface area contributed by atoms with E-state index in [0.717, 1.165) is 11.4 Å². The second-order valence-corrected chi connectivity index (χ2v) is 6.20.